The van der Waals surface area contributed by atoms with Gasteiger partial charge in [-0.05, 0) is 19.9 Å². The molecule has 2 fully saturated rings. The van der Waals surface area contributed by atoms with Crippen molar-refractivity contribution in [3.8, 4) is 0 Å². The van der Waals surface area contributed by atoms with Crippen molar-refractivity contribution in [3.05, 3.63) is 0 Å². The van der Waals surface area contributed by atoms with Crippen LogP contribution < -0.4 is 0 Å². The number of hydrogen-bond acceptors (Lipinski definition) is 4. The molecule has 100 valence electrons. The molecule has 1 aliphatic carbocycles. The first-order valence-electron chi connectivity index (χ1n) is 6.73. The maximum absolute atomic E-state index is 10.4. The number of likely N-dealkylation sites (N-methyl/N-ethyl adjacent to an activating group) is 1. The molecule has 0 aromatic carbocycles. The molecule has 2 rings (SSSR count). The number of ether oxygens (including phenoxy) is 1. The van der Waals surface area contributed by atoms with Crippen molar-refractivity contribution in [3.63, 3.8) is 0 Å². The molecule has 4 heteroatoms. The van der Waals surface area contributed by atoms with Gasteiger partial charge in [0.15, 0.2) is 0 Å². The molecule has 1 saturated carbocycles. The van der Waals surface area contributed by atoms with E-state index in [0.29, 0.717) is 39.1 Å². The van der Waals surface area contributed by atoms with Crippen molar-refractivity contribution in [2.75, 3.05) is 33.4 Å². The maximum Gasteiger partial charge on any atom is 0.0817 e. The molecular formula is C13H25NO3. The van der Waals surface area contributed by atoms with Crippen LogP contribution in [0.25, 0.3) is 0 Å². The molecule has 2 N–H and O–H groups in total. The van der Waals surface area contributed by atoms with Gasteiger partial charge in [0.2, 0.25) is 0 Å². The Kier molecular flexibility index (Phi) is 4.08. The lowest BCUT2D eigenvalue weighted by Crippen LogP contribution is -2.49. The number of nitrogens with zero attached hydrogens (tertiary/aromatic N) is 1. The molecule has 0 atom stereocenters. The smallest absolute Gasteiger partial charge is 0.0817 e. The fraction of sp³-hybridized carbons (Fsp3) is 1.00. The standard InChI is InChI=1S/C13H25NO3/c1-14(10-12(15)4-2-3-5-12)11-13(16)6-8-17-9-7-13/h15-16H,2-11H2,1H3. The van der Waals surface area contributed by atoms with E-state index in [4.69, 9.17) is 4.74 Å². The zero-order chi connectivity index (χ0) is 12.4. The SMILES string of the molecule is CN(CC1(O)CCCC1)CC1(O)CCOCC1. The predicted molar refractivity (Wildman–Crippen MR) is 65.9 cm³/mol. The molecule has 2 aliphatic rings. The molecule has 0 spiro atoms. The third-order valence-corrected chi connectivity index (χ3v) is 4.09. The number of aliphatic hydroxyl groups is 2. The van der Waals surface area contributed by atoms with Crippen LogP contribution in [0.3, 0.4) is 0 Å². The molecule has 0 bridgehead atoms. The Morgan fingerprint density at radius 3 is 1.94 bits per heavy atom. The highest BCUT2D eigenvalue weighted by Crippen LogP contribution is 2.30. The van der Waals surface area contributed by atoms with E-state index in [1.165, 1.54) is 0 Å². The highest BCUT2D eigenvalue weighted by atomic mass is 16.5. The van der Waals surface area contributed by atoms with Gasteiger partial charge in [0.25, 0.3) is 0 Å². The van der Waals surface area contributed by atoms with Crippen LogP contribution in [-0.2, 0) is 4.74 Å². The zero-order valence-corrected chi connectivity index (χ0v) is 10.8. The lowest BCUT2D eigenvalue weighted by atomic mass is 9.93. The second-order valence-electron chi connectivity index (χ2n) is 5.94. The molecule has 0 unspecified atom stereocenters. The highest BCUT2D eigenvalue weighted by molar-refractivity contribution is 4.90. The first kappa shape index (κ1) is 13.3. The van der Waals surface area contributed by atoms with Crippen LogP contribution in [0.15, 0.2) is 0 Å². The topological polar surface area (TPSA) is 52.9 Å². The van der Waals surface area contributed by atoms with E-state index in [-0.39, 0.29) is 0 Å². The molecule has 4 nitrogen and oxygen atoms in total. The number of rotatable bonds is 4. The van der Waals surface area contributed by atoms with E-state index < -0.39 is 11.2 Å². The van der Waals surface area contributed by atoms with Gasteiger partial charge < -0.3 is 19.8 Å². The van der Waals surface area contributed by atoms with Crippen molar-refractivity contribution >= 4 is 0 Å². The Morgan fingerprint density at radius 2 is 1.41 bits per heavy atom. The van der Waals surface area contributed by atoms with Crippen molar-refractivity contribution in [2.24, 2.45) is 0 Å². The van der Waals surface area contributed by atoms with Crippen molar-refractivity contribution < 1.29 is 14.9 Å². The van der Waals surface area contributed by atoms with Gasteiger partial charge in [-0.15, -0.1) is 0 Å². The Balaban J connectivity index is 1.81. The minimum atomic E-state index is -0.623. The second-order valence-corrected chi connectivity index (χ2v) is 5.94. The van der Waals surface area contributed by atoms with E-state index in [0.717, 1.165) is 25.7 Å². The van der Waals surface area contributed by atoms with Gasteiger partial charge in [0.1, 0.15) is 0 Å². The normalized spacial score (nSPS) is 27.5. The average molecular weight is 243 g/mol. The van der Waals surface area contributed by atoms with Crippen LogP contribution in [0, 0.1) is 0 Å². The first-order valence-corrected chi connectivity index (χ1v) is 6.73. The second kappa shape index (κ2) is 5.22. The summed E-state index contributed by atoms with van der Waals surface area (Å²) >= 11 is 0. The van der Waals surface area contributed by atoms with Crippen LogP contribution in [0.2, 0.25) is 0 Å². The Hall–Kier alpha value is -0.160. The summed E-state index contributed by atoms with van der Waals surface area (Å²) in [5.41, 5.74) is -1.14. The molecule has 1 aliphatic heterocycles. The van der Waals surface area contributed by atoms with Crippen LogP contribution in [-0.4, -0.2) is 59.7 Å². The van der Waals surface area contributed by atoms with E-state index in [1.54, 1.807) is 0 Å². The Labute approximate surface area is 104 Å². The minimum absolute atomic E-state index is 0.518. The molecule has 17 heavy (non-hydrogen) atoms. The summed E-state index contributed by atoms with van der Waals surface area (Å²) in [7, 11) is 1.99. The van der Waals surface area contributed by atoms with E-state index in [9.17, 15) is 10.2 Å². The average Bonchev–Trinajstić information content (AvgIpc) is 2.64. The van der Waals surface area contributed by atoms with Crippen molar-refractivity contribution in [2.45, 2.75) is 49.7 Å². The quantitative estimate of drug-likeness (QED) is 0.765. The summed E-state index contributed by atoms with van der Waals surface area (Å²) in [6.45, 7) is 2.61. The van der Waals surface area contributed by atoms with E-state index in [1.807, 2.05) is 7.05 Å². The molecule has 1 heterocycles. The molecule has 0 amide bonds. The third kappa shape index (κ3) is 3.65. The largest absolute Gasteiger partial charge is 0.389 e. The predicted octanol–water partition coefficient (Wildman–Crippen LogP) is 0.765. The van der Waals surface area contributed by atoms with Crippen LogP contribution in [0.5, 0.6) is 0 Å². The van der Waals surface area contributed by atoms with Crippen LogP contribution in [0.1, 0.15) is 38.5 Å². The highest BCUT2D eigenvalue weighted by Gasteiger charge is 2.36. The summed E-state index contributed by atoms with van der Waals surface area (Å²) < 4.78 is 5.27. The summed E-state index contributed by atoms with van der Waals surface area (Å²) in [5, 5.41) is 20.7. The zero-order valence-electron chi connectivity index (χ0n) is 10.8. The van der Waals surface area contributed by atoms with Gasteiger partial charge in [0, 0.05) is 39.1 Å². The molecule has 0 radical (unpaired) electrons. The van der Waals surface area contributed by atoms with Gasteiger partial charge in [-0.3, -0.25) is 0 Å². The van der Waals surface area contributed by atoms with Crippen LogP contribution >= 0.6 is 0 Å². The molecule has 0 aromatic rings. The van der Waals surface area contributed by atoms with E-state index in [2.05, 4.69) is 4.90 Å². The van der Waals surface area contributed by atoms with Gasteiger partial charge in [-0.25, -0.2) is 0 Å². The molecule has 0 aromatic heterocycles. The summed E-state index contributed by atoms with van der Waals surface area (Å²) in [6, 6.07) is 0. The lowest BCUT2D eigenvalue weighted by molar-refractivity contribution is -0.0857. The maximum atomic E-state index is 10.4. The number of hydrogen-bond donors (Lipinski definition) is 2. The van der Waals surface area contributed by atoms with Gasteiger partial charge in [-0.2, -0.15) is 0 Å². The van der Waals surface area contributed by atoms with E-state index >= 15 is 0 Å². The van der Waals surface area contributed by atoms with Crippen molar-refractivity contribution in [1.82, 2.24) is 4.90 Å². The van der Waals surface area contributed by atoms with Gasteiger partial charge in [0.05, 0.1) is 11.2 Å². The minimum Gasteiger partial charge on any atom is -0.389 e. The Bertz CT molecular complexity index is 245. The monoisotopic (exact) mass is 243 g/mol. The first-order chi connectivity index (χ1) is 8.02. The summed E-state index contributed by atoms with van der Waals surface area (Å²) in [5.74, 6) is 0. The summed E-state index contributed by atoms with van der Waals surface area (Å²) in [4.78, 5) is 2.08. The van der Waals surface area contributed by atoms with Gasteiger partial charge >= 0.3 is 0 Å². The van der Waals surface area contributed by atoms with Crippen LogP contribution in [0.4, 0.5) is 0 Å². The molecule has 1 saturated heterocycles. The lowest BCUT2D eigenvalue weighted by Gasteiger charge is -2.37. The molecular weight excluding hydrogens is 218 g/mol. The Morgan fingerprint density at radius 1 is 0.941 bits per heavy atom. The fourth-order valence-electron chi connectivity index (χ4n) is 3.16. The van der Waals surface area contributed by atoms with Crippen molar-refractivity contribution in [1.29, 1.82) is 0 Å². The fourth-order valence-corrected chi connectivity index (χ4v) is 3.16. The van der Waals surface area contributed by atoms with Gasteiger partial charge in [-0.1, -0.05) is 12.8 Å². The summed E-state index contributed by atoms with van der Waals surface area (Å²) in [6.07, 6.45) is 5.47. The third-order valence-electron chi connectivity index (χ3n) is 4.09.